The number of carbonyl (C=O) groups is 1. The molecule has 2 aromatic rings. The van der Waals surface area contributed by atoms with Crippen LogP contribution in [0.5, 0.6) is 0 Å². The van der Waals surface area contributed by atoms with E-state index in [1.54, 1.807) is 19.2 Å². The number of aromatic nitrogens is 1. The van der Waals surface area contributed by atoms with E-state index in [2.05, 4.69) is 13.8 Å². The summed E-state index contributed by atoms with van der Waals surface area (Å²) < 4.78 is 20.6. The van der Waals surface area contributed by atoms with Gasteiger partial charge in [-0.3, -0.25) is 4.79 Å². The van der Waals surface area contributed by atoms with E-state index in [0.717, 1.165) is 19.3 Å². The molecule has 0 aliphatic carbocycles. The zero-order valence-electron chi connectivity index (χ0n) is 15.9. The quantitative estimate of drug-likeness (QED) is 0.453. The van der Waals surface area contributed by atoms with Crippen LogP contribution in [0.15, 0.2) is 29.2 Å². The van der Waals surface area contributed by atoms with Crippen LogP contribution in [0.3, 0.4) is 0 Å². The van der Waals surface area contributed by atoms with E-state index in [-0.39, 0.29) is 23.6 Å². The van der Waals surface area contributed by atoms with Crippen molar-refractivity contribution in [2.75, 3.05) is 6.61 Å². The maximum absolute atomic E-state index is 13.7. The molecule has 1 heterocycles. The highest BCUT2D eigenvalue weighted by molar-refractivity contribution is 5.93. The van der Waals surface area contributed by atoms with E-state index < -0.39 is 17.2 Å². The molecular weight excluding hydrogens is 333 g/mol. The number of pyridine rings is 1. The van der Waals surface area contributed by atoms with Gasteiger partial charge in [0.2, 0.25) is 5.43 Å². The van der Waals surface area contributed by atoms with Crippen molar-refractivity contribution in [3.05, 3.63) is 46.0 Å². The first-order valence-corrected chi connectivity index (χ1v) is 9.51. The molecule has 0 saturated heterocycles. The van der Waals surface area contributed by atoms with Gasteiger partial charge in [-0.15, -0.1) is 0 Å². The molecule has 142 valence electrons. The third-order valence-electron chi connectivity index (χ3n) is 4.69. The maximum atomic E-state index is 13.7. The van der Waals surface area contributed by atoms with Crippen LogP contribution < -0.4 is 5.43 Å². The van der Waals surface area contributed by atoms with Crippen molar-refractivity contribution in [1.82, 2.24) is 4.57 Å². The zero-order chi connectivity index (χ0) is 19.1. The summed E-state index contributed by atoms with van der Waals surface area (Å²) in [5.41, 5.74) is 0.123. The van der Waals surface area contributed by atoms with E-state index in [1.165, 1.54) is 31.4 Å². The van der Waals surface area contributed by atoms with Crippen molar-refractivity contribution in [2.45, 2.75) is 65.3 Å². The minimum atomic E-state index is -0.660. The first-order valence-electron chi connectivity index (χ1n) is 9.51. The Labute approximate surface area is 154 Å². The lowest BCUT2D eigenvalue weighted by Crippen LogP contribution is -2.22. The van der Waals surface area contributed by atoms with Crippen molar-refractivity contribution in [3.8, 4) is 0 Å². The molecular formula is C21H28FNO3. The summed E-state index contributed by atoms with van der Waals surface area (Å²) in [6.45, 7) is 6.12. The predicted octanol–water partition coefficient (Wildman–Crippen LogP) is 5.24. The molecule has 1 unspecified atom stereocenters. The van der Waals surface area contributed by atoms with Crippen molar-refractivity contribution < 1.29 is 13.9 Å². The van der Waals surface area contributed by atoms with Gasteiger partial charge in [0.1, 0.15) is 11.4 Å². The summed E-state index contributed by atoms with van der Waals surface area (Å²) in [4.78, 5) is 24.8. The van der Waals surface area contributed by atoms with E-state index >= 15 is 0 Å². The topological polar surface area (TPSA) is 48.3 Å². The summed E-state index contributed by atoms with van der Waals surface area (Å²) in [5.74, 6) is -1.15. The lowest BCUT2D eigenvalue weighted by molar-refractivity contribution is 0.0524. The molecule has 0 fully saturated rings. The third kappa shape index (κ3) is 4.71. The molecule has 4 nitrogen and oxygen atoms in total. The van der Waals surface area contributed by atoms with Crippen molar-refractivity contribution >= 4 is 16.9 Å². The van der Waals surface area contributed by atoms with Gasteiger partial charge in [-0.2, -0.15) is 0 Å². The second-order valence-corrected chi connectivity index (χ2v) is 6.71. The average molecular weight is 361 g/mol. The Hall–Kier alpha value is -2.17. The molecule has 0 N–H and O–H groups in total. The van der Waals surface area contributed by atoms with Crippen LogP contribution in [0, 0.1) is 5.82 Å². The van der Waals surface area contributed by atoms with E-state index in [0.29, 0.717) is 5.52 Å². The van der Waals surface area contributed by atoms with Crippen LogP contribution in [-0.4, -0.2) is 17.1 Å². The molecule has 0 amide bonds. The van der Waals surface area contributed by atoms with E-state index in [9.17, 15) is 14.0 Å². The monoisotopic (exact) mass is 361 g/mol. The summed E-state index contributed by atoms with van der Waals surface area (Å²) >= 11 is 0. The lowest BCUT2D eigenvalue weighted by Gasteiger charge is -2.20. The van der Waals surface area contributed by atoms with Crippen molar-refractivity contribution in [1.29, 1.82) is 0 Å². The fraction of sp³-hybridized carbons (Fsp3) is 0.524. The number of rotatable bonds is 9. The molecule has 5 heteroatoms. The molecule has 1 atom stereocenters. The normalized spacial score (nSPS) is 12.3. The molecule has 0 aliphatic rings. The second kappa shape index (κ2) is 9.51. The number of halogens is 1. The van der Waals surface area contributed by atoms with Crippen LogP contribution in [0.25, 0.3) is 10.9 Å². The fourth-order valence-electron chi connectivity index (χ4n) is 3.23. The molecule has 0 spiro atoms. The van der Waals surface area contributed by atoms with E-state index in [1.807, 2.05) is 4.57 Å². The molecule has 0 radical (unpaired) electrons. The largest absolute Gasteiger partial charge is 0.462 e. The van der Waals surface area contributed by atoms with Gasteiger partial charge in [0.25, 0.3) is 0 Å². The van der Waals surface area contributed by atoms with Gasteiger partial charge in [-0.05, 0) is 38.5 Å². The number of esters is 1. The molecule has 0 aliphatic heterocycles. The number of nitrogens with zero attached hydrogens (tertiary/aromatic N) is 1. The standard InChI is InChI=1S/C21H28FNO3/c1-4-6-7-8-9-10-15(3)23-14-18(21(25)26-5-2)20(24)17-13-16(22)11-12-19(17)23/h11-15H,4-10H2,1-3H3. The van der Waals surface area contributed by atoms with E-state index in [4.69, 9.17) is 4.74 Å². The fourth-order valence-corrected chi connectivity index (χ4v) is 3.23. The predicted molar refractivity (Wildman–Crippen MR) is 102 cm³/mol. The first-order chi connectivity index (χ1) is 12.5. The summed E-state index contributed by atoms with van der Waals surface area (Å²) in [7, 11) is 0. The number of unbranched alkanes of at least 4 members (excludes halogenated alkanes) is 4. The Morgan fingerprint density at radius 1 is 1.19 bits per heavy atom. The van der Waals surface area contributed by atoms with Crippen LogP contribution in [0.1, 0.15) is 75.7 Å². The van der Waals surface area contributed by atoms with Gasteiger partial charge >= 0.3 is 5.97 Å². The Morgan fingerprint density at radius 3 is 2.62 bits per heavy atom. The smallest absolute Gasteiger partial charge is 0.343 e. The number of hydrogen-bond donors (Lipinski definition) is 0. The van der Waals surface area contributed by atoms with Gasteiger partial charge in [0, 0.05) is 17.6 Å². The molecule has 26 heavy (non-hydrogen) atoms. The number of fused-ring (bicyclic) bond motifs is 1. The van der Waals surface area contributed by atoms with Crippen LogP contribution in [0.2, 0.25) is 0 Å². The van der Waals surface area contributed by atoms with Crippen LogP contribution >= 0.6 is 0 Å². The van der Waals surface area contributed by atoms with Gasteiger partial charge in [0.05, 0.1) is 12.1 Å². The maximum Gasteiger partial charge on any atom is 0.343 e. The summed E-state index contributed by atoms with van der Waals surface area (Å²) in [6, 6.07) is 4.24. The Kier molecular flexibility index (Phi) is 7.37. The molecule has 0 saturated carbocycles. The number of benzene rings is 1. The Morgan fingerprint density at radius 2 is 1.92 bits per heavy atom. The lowest BCUT2D eigenvalue weighted by atomic mass is 10.1. The van der Waals surface area contributed by atoms with Gasteiger partial charge < -0.3 is 9.30 Å². The van der Waals surface area contributed by atoms with Crippen LogP contribution in [0.4, 0.5) is 4.39 Å². The Balaban J connectivity index is 2.39. The summed E-state index contributed by atoms with van der Waals surface area (Å²) in [5, 5.41) is 0.216. The first kappa shape index (κ1) is 20.1. The van der Waals surface area contributed by atoms with Crippen molar-refractivity contribution in [3.63, 3.8) is 0 Å². The zero-order valence-corrected chi connectivity index (χ0v) is 15.9. The van der Waals surface area contributed by atoms with Crippen LogP contribution in [-0.2, 0) is 4.74 Å². The molecule has 1 aromatic heterocycles. The highest BCUT2D eigenvalue weighted by Gasteiger charge is 2.19. The SMILES string of the molecule is CCCCCCCC(C)n1cc(C(=O)OCC)c(=O)c2cc(F)ccc21. The molecule has 1 aromatic carbocycles. The Bertz CT molecular complexity index is 813. The summed E-state index contributed by atoms with van der Waals surface area (Å²) in [6.07, 6.45) is 8.39. The number of hydrogen-bond acceptors (Lipinski definition) is 3. The third-order valence-corrected chi connectivity index (χ3v) is 4.69. The molecule has 0 bridgehead atoms. The number of carbonyl (C=O) groups excluding carboxylic acids is 1. The molecule has 2 rings (SSSR count). The highest BCUT2D eigenvalue weighted by Crippen LogP contribution is 2.23. The highest BCUT2D eigenvalue weighted by atomic mass is 19.1. The van der Waals surface area contributed by atoms with Crippen molar-refractivity contribution in [2.24, 2.45) is 0 Å². The van der Waals surface area contributed by atoms with Gasteiger partial charge in [0.15, 0.2) is 0 Å². The number of ether oxygens (including phenoxy) is 1. The minimum Gasteiger partial charge on any atom is -0.462 e. The van der Waals surface area contributed by atoms with Gasteiger partial charge in [-0.1, -0.05) is 39.0 Å². The minimum absolute atomic E-state index is 0.0391. The second-order valence-electron chi connectivity index (χ2n) is 6.71. The van der Waals surface area contributed by atoms with Gasteiger partial charge in [-0.25, -0.2) is 9.18 Å². The average Bonchev–Trinajstić information content (AvgIpc) is 2.62.